The zero-order chi connectivity index (χ0) is 19.2. The maximum Gasteiger partial charge on any atom is 0.191 e. The van der Waals surface area contributed by atoms with Crippen LogP contribution in [0.2, 0.25) is 0 Å². The highest BCUT2D eigenvalue weighted by atomic mass is 127. The number of likely N-dealkylation sites (N-methyl/N-ethyl adjacent to an activating group) is 1. The largest absolute Gasteiger partial charge is 0.396 e. The molecule has 0 heterocycles. The SMILES string of the molecule is CCCC(CCO)CN=C(NCC)NCC(C)N(C)Cc1ccccc1.I. The lowest BCUT2D eigenvalue weighted by atomic mass is 10.0. The Hall–Kier alpha value is -0.860. The molecule has 0 saturated heterocycles. The smallest absolute Gasteiger partial charge is 0.191 e. The molecule has 2 atom stereocenters. The molecule has 1 rings (SSSR count). The van der Waals surface area contributed by atoms with Gasteiger partial charge in [0.05, 0.1) is 0 Å². The zero-order valence-corrected chi connectivity index (χ0v) is 19.8. The molecule has 0 saturated carbocycles. The fourth-order valence-electron chi connectivity index (χ4n) is 2.91. The lowest BCUT2D eigenvalue weighted by molar-refractivity contribution is 0.248. The van der Waals surface area contributed by atoms with Crippen molar-refractivity contribution in [3.8, 4) is 0 Å². The number of nitrogens with zero attached hydrogens (tertiary/aromatic N) is 2. The monoisotopic (exact) mass is 490 g/mol. The highest BCUT2D eigenvalue weighted by molar-refractivity contribution is 14.0. The van der Waals surface area contributed by atoms with Crippen LogP contribution in [0.1, 0.15) is 45.6 Å². The number of halogens is 1. The van der Waals surface area contributed by atoms with E-state index in [4.69, 9.17) is 4.99 Å². The third-order valence-corrected chi connectivity index (χ3v) is 4.68. The van der Waals surface area contributed by atoms with Crippen LogP contribution in [-0.4, -0.2) is 55.3 Å². The van der Waals surface area contributed by atoms with Gasteiger partial charge < -0.3 is 15.7 Å². The minimum Gasteiger partial charge on any atom is -0.396 e. The summed E-state index contributed by atoms with van der Waals surface area (Å²) in [5.41, 5.74) is 1.33. The number of guanidine groups is 1. The van der Waals surface area contributed by atoms with Crippen LogP contribution in [-0.2, 0) is 6.54 Å². The van der Waals surface area contributed by atoms with Crippen LogP contribution in [0, 0.1) is 5.92 Å². The van der Waals surface area contributed by atoms with Crippen molar-refractivity contribution < 1.29 is 5.11 Å². The number of rotatable bonds is 12. The molecule has 0 bridgehead atoms. The first-order valence-corrected chi connectivity index (χ1v) is 9.97. The maximum absolute atomic E-state index is 9.21. The van der Waals surface area contributed by atoms with E-state index in [0.29, 0.717) is 12.0 Å². The van der Waals surface area contributed by atoms with Gasteiger partial charge in [-0.25, -0.2) is 0 Å². The summed E-state index contributed by atoms with van der Waals surface area (Å²) < 4.78 is 0. The third-order valence-electron chi connectivity index (χ3n) is 4.68. The molecule has 0 spiro atoms. The van der Waals surface area contributed by atoms with E-state index in [1.54, 1.807) is 0 Å². The Balaban J connectivity index is 0.00000676. The number of aliphatic imine (C=N–C) groups is 1. The summed E-state index contributed by atoms with van der Waals surface area (Å²) in [5.74, 6) is 1.32. The van der Waals surface area contributed by atoms with Crippen LogP contribution in [0.3, 0.4) is 0 Å². The van der Waals surface area contributed by atoms with E-state index < -0.39 is 0 Å². The van der Waals surface area contributed by atoms with Gasteiger partial charge >= 0.3 is 0 Å². The number of hydrogen-bond acceptors (Lipinski definition) is 3. The Bertz CT molecular complexity index is 492. The van der Waals surface area contributed by atoms with Crippen LogP contribution in [0.5, 0.6) is 0 Å². The number of aliphatic hydroxyl groups excluding tert-OH is 1. The fourth-order valence-corrected chi connectivity index (χ4v) is 2.91. The average Bonchev–Trinajstić information content (AvgIpc) is 2.64. The van der Waals surface area contributed by atoms with Gasteiger partial charge in [0, 0.05) is 38.8 Å². The Morgan fingerprint density at radius 1 is 1.15 bits per heavy atom. The van der Waals surface area contributed by atoms with E-state index in [0.717, 1.165) is 51.4 Å². The molecule has 0 radical (unpaired) electrons. The summed E-state index contributed by atoms with van der Waals surface area (Å²) in [6, 6.07) is 10.9. The predicted molar refractivity (Wildman–Crippen MR) is 127 cm³/mol. The Morgan fingerprint density at radius 3 is 2.44 bits per heavy atom. The van der Waals surface area contributed by atoms with Crippen LogP contribution in [0.15, 0.2) is 35.3 Å². The zero-order valence-electron chi connectivity index (χ0n) is 17.4. The van der Waals surface area contributed by atoms with Crippen molar-refractivity contribution in [1.29, 1.82) is 0 Å². The highest BCUT2D eigenvalue weighted by Crippen LogP contribution is 2.11. The lowest BCUT2D eigenvalue weighted by Crippen LogP contribution is -2.45. The second-order valence-corrected chi connectivity index (χ2v) is 7.02. The first-order valence-electron chi connectivity index (χ1n) is 9.97. The molecule has 3 N–H and O–H groups in total. The average molecular weight is 490 g/mol. The second kappa shape index (κ2) is 16.1. The summed E-state index contributed by atoms with van der Waals surface area (Å²) in [6.07, 6.45) is 3.07. The van der Waals surface area contributed by atoms with Gasteiger partial charge in [0.1, 0.15) is 0 Å². The maximum atomic E-state index is 9.21. The number of nitrogens with one attached hydrogen (secondary N) is 2. The van der Waals surface area contributed by atoms with Gasteiger partial charge in [-0.15, -0.1) is 24.0 Å². The molecule has 0 aromatic heterocycles. The van der Waals surface area contributed by atoms with E-state index in [1.807, 2.05) is 0 Å². The predicted octanol–water partition coefficient (Wildman–Crippen LogP) is 3.48. The topological polar surface area (TPSA) is 59.9 Å². The van der Waals surface area contributed by atoms with E-state index in [2.05, 4.69) is 73.7 Å². The van der Waals surface area contributed by atoms with Crippen molar-refractivity contribution >= 4 is 29.9 Å². The van der Waals surface area contributed by atoms with E-state index in [-0.39, 0.29) is 30.6 Å². The molecule has 5 nitrogen and oxygen atoms in total. The number of aliphatic hydroxyl groups is 1. The minimum atomic E-state index is 0. The van der Waals surface area contributed by atoms with Gasteiger partial charge in [-0.1, -0.05) is 43.7 Å². The molecule has 0 amide bonds. The van der Waals surface area contributed by atoms with Gasteiger partial charge in [-0.3, -0.25) is 9.89 Å². The van der Waals surface area contributed by atoms with Gasteiger partial charge in [-0.05, 0) is 45.2 Å². The summed E-state index contributed by atoms with van der Waals surface area (Å²) >= 11 is 0. The molecular formula is C21H39IN4O. The minimum absolute atomic E-state index is 0. The fraction of sp³-hybridized carbons (Fsp3) is 0.667. The first kappa shape index (κ1) is 26.1. The van der Waals surface area contributed by atoms with Gasteiger partial charge in [-0.2, -0.15) is 0 Å². The van der Waals surface area contributed by atoms with Crippen LogP contribution in [0.25, 0.3) is 0 Å². The van der Waals surface area contributed by atoms with Crippen LogP contribution >= 0.6 is 24.0 Å². The number of hydrogen-bond donors (Lipinski definition) is 3. The summed E-state index contributed by atoms with van der Waals surface area (Å²) in [4.78, 5) is 7.08. The van der Waals surface area contributed by atoms with Gasteiger partial charge in [0.2, 0.25) is 0 Å². The quantitative estimate of drug-likeness (QED) is 0.239. The normalized spacial score (nSPS) is 13.8. The van der Waals surface area contributed by atoms with Gasteiger partial charge in [0.15, 0.2) is 5.96 Å². The molecular weight excluding hydrogens is 451 g/mol. The van der Waals surface area contributed by atoms with E-state index in [1.165, 1.54) is 5.56 Å². The van der Waals surface area contributed by atoms with Crippen molar-refractivity contribution in [2.75, 3.05) is 33.3 Å². The standard InChI is InChI=1S/C21H38N4O.HI/c1-5-10-19(13-14-26)16-24-21(22-6-2)23-15-18(3)25(4)17-20-11-8-7-9-12-20;/h7-9,11-12,18-19,26H,5-6,10,13-17H2,1-4H3,(H2,22,23,24);1H. The summed E-state index contributed by atoms with van der Waals surface area (Å²) in [7, 11) is 2.15. The molecule has 0 aliphatic carbocycles. The molecule has 1 aromatic rings. The van der Waals surface area contributed by atoms with E-state index in [9.17, 15) is 5.11 Å². The highest BCUT2D eigenvalue weighted by Gasteiger charge is 2.11. The molecule has 1 aromatic carbocycles. The summed E-state index contributed by atoms with van der Waals surface area (Å²) in [5, 5.41) is 16.0. The van der Waals surface area contributed by atoms with Crippen LogP contribution in [0.4, 0.5) is 0 Å². The van der Waals surface area contributed by atoms with Crippen LogP contribution < -0.4 is 10.6 Å². The van der Waals surface area contributed by atoms with E-state index >= 15 is 0 Å². The van der Waals surface area contributed by atoms with Gasteiger partial charge in [0.25, 0.3) is 0 Å². The van der Waals surface area contributed by atoms with Crippen molar-refractivity contribution in [2.45, 2.75) is 52.6 Å². The summed E-state index contributed by atoms with van der Waals surface area (Å²) in [6.45, 7) is 10.1. The van der Waals surface area contributed by atoms with Crippen molar-refractivity contribution in [3.63, 3.8) is 0 Å². The van der Waals surface area contributed by atoms with Crippen molar-refractivity contribution in [3.05, 3.63) is 35.9 Å². The molecule has 0 aliphatic heterocycles. The molecule has 6 heteroatoms. The molecule has 0 fully saturated rings. The van der Waals surface area contributed by atoms with Crippen molar-refractivity contribution in [2.24, 2.45) is 10.9 Å². The molecule has 0 aliphatic rings. The number of benzene rings is 1. The Kier molecular flexibility index (Phi) is 15.6. The van der Waals surface area contributed by atoms with Crippen molar-refractivity contribution in [1.82, 2.24) is 15.5 Å². The lowest BCUT2D eigenvalue weighted by Gasteiger charge is -2.26. The molecule has 156 valence electrons. The Labute approximate surface area is 183 Å². The molecule has 2 unspecified atom stereocenters. The third kappa shape index (κ3) is 11.5. The second-order valence-electron chi connectivity index (χ2n) is 7.02. The molecule has 27 heavy (non-hydrogen) atoms. The Morgan fingerprint density at radius 2 is 1.85 bits per heavy atom. The first-order chi connectivity index (χ1) is 12.6.